The molecule has 1 aromatic heterocycles. The van der Waals surface area contributed by atoms with E-state index in [4.69, 9.17) is 5.73 Å². The molecule has 0 aliphatic carbocycles. The number of benzene rings is 1. The van der Waals surface area contributed by atoms with Crippen molar-refractivity contribution >= 4 is 22.3 Å². The van der Waals surface area contributed by atoms with E-state index >= 15 is 0 Å². The van der Waals surface area contributed by atoms with Gasteiger partial charge in [0.2, 0.25) is 0 Å². The number of para-hydroxylation sites is 1. The fourth-order valence-corrected chi connectivity index (χ4v) is 2.27. The summed E-state index contributed by atoms with van der Waals surface area (Å²) >= 11 is 0. The molecule has 0 saturated heterocycles. The molecule has 1 atom stereocenters. The maximum absolute atomic E-state index is 5.96. The minimum atomic E-state index is 0.516. The zero-order valence-corrected chi connectivity index (χ0v) is 11.1. The zero-order valence-electron chi connectivity index (χ0n) is 11.1. The van der Waals surface area contributed by atoms with Gasteiger partial charge in [-0.1, -0.05) is 32.4 Å². The van der Waals surface area contributed by atoms with Gasteiger partial charge in [0.05, 0.1) is 11.2 Å². The van der Waals surface area contributed by atoms with Crippen LogP contribution in [0.2, 0.25) is 0 Å². The Labute approximate surface area is 108 Å². The largest absolute Gasteiger partial charge is 0.397 e. The standard InChI is InChI=1S/C15H21N3/c1-3-6-11(4-2)18-14-9-10-17-15-12(14)7-5-8-13(15)16/h5,7-11H,3-4,6,16H2,1-2H3,(H,17,18). The van der Waals surface area contributed by atoms with E-state index in [-0.39, 0.29) is 0 Å². The summed E-state index contributed by atoms with van der Waals surface area (Å²) in [6.07, 6.45) is 5.32. The topological polar surface area (TPSA) is 50.9 Å². The number of rotatable bonds is 5. The average Bonchev–Trinajstić information content (AvgIpc) is 2.39. The summed E-state index contributed by atoms with van der Waals surface area (Å²) in [7, 11) is 0. The highest BCUT2D eigenvalue weighted by Gasteiger charge is 2.08. The summed E-state index contributed by atoms with van der Waals surface area (Å²) < 4.78 is 0. The Morgan fingerprint density at radius 1 is 1.28 bits per heavy atom. The molecule has 1 aromatic carbocycles. The first-order valence-corrected chi connectivity index (χ1v) is 6.66. The van der Waals surface area contributed by atoms with Gasteiger partial charge in [0.25, 0.3) is 0 Å². The Bertz CT molecular complexity index is 522. The molecule has 2 rings (SSSR count). The molecule has 3 N–H and O–H groups in total. The van der Waals surface area contributed by atoms with Gasteiger partial charge in [-0.2, -0.15) is 0 Å². The normalized spacial score (nSPS) is 12.6. The van der Waals surface area contributed by atoms with Crippen LogP contribution in [0.4, 0.5) is 11.4 Å². The predicted octanol–water partition coefficient (Wildman–Crippen LogP) is 3.81. The van der Waals surface area contributed by atoms with Crippen LogP contribution in [0.3, 0.4) is 0 Å². The Kier molecular flexibility index (Phi) is 4.03. The van der Waals surface area contributed by atoms with Gasteiger partial charge in [-0.05, 0) is 25.0 Å². The molecule has 18 heavy (non-hydrogen) atoms. The van der Waals surface area contributed by atoms with E-state index in [0.717, 1.165) is 28.7 Å². The molecule has 0 spiro atoms. The van der Waals surface area contributed by atoms with Crippen molar-refractivity contribution in [2.24, 2.45) is 0 Å². The summed E-state index contributed by atoms with van der Waals surface area (Å²) in [4.78, 5) is 4.36. The van der Waals surface area contributed by atoms with Crippen LogP contribution in [-0.4, -0.2) is 11.0 Å². The lowest BCUT2D eigenvalue weighted by Crippen LogP contribution is -2.18. The summed E-state index contributed by atoms with van der Waals surface area (Å²) in [5, 5.41) is 4.71. The number of anilines is 2. The summed E-state index contributed by atoms with van der Waals surface area (Å²) in [5.74, 6) is 0. The number of nitrogens with one attached hydrogen (secondary N) is 1. The van der Waals surface area contributed by atoms with Crippen molar-refractivity contribution in [1.82, 2.24) is 4.98 Å². The number of hydrogen-bond donors (Lipinski definition) is 2. The fourth-order valence-electron chi connectivity index (χ4n) is 2.27. The van der Waals surface area contributed by atoms with E-state index in [1.165, 1.54) is 12.8 Å². The van der Waals surface area contributed by atoms with Crippen molar-refractivity contribution in [1.29, 1.82) is 0 Å². The van der Waals surface area contributed by atoms with Gasteiger partial charge in [0, 0.05) is 23.3 Å². The van der Waals surface area contributed by atoms with Gasteiger partial charge in [0.1, 0.15) is 0 Å². The number of aromatic nitrogens is 1. The third-order valence-electron chi connectivity index (χ3n) is 3.29. The first-order valence-electron chi connectivity index (χ1n) is 6.66. The van der Waals surface area contributed by atoms with Gasteiger partial charge < -0.3 is 11.1 Å². The second kappa shape index (κ2) is 5.71. The Balaban J connectivity index is 2.36. The van der Waals surface area contributed by atoms with Crippen molar-refractivity contribution in [3.8, 4) is 0 Å². The molecule has 0 amide bonds. The summed E-state index contributed by atoms with van der Waals surface area (Å²) in [5.41, 5.74) is 8.71. The molecule has 0 aliphatic rings. The van der Waals surface area contributed by atoms with Gasteiger partial charge >= 0.3 is 0 Å². The molecule has 0 saturated carbocycles. The van der Waals surface area contributed by atoms with Gasteiger partial charge in [-0.15, -0.1) is 0 Å². The molecular formula is C15H21N3. The fraction of sp³-hybridized carbons (Fsp3) is 0.400. The van der Waals surface area contributed by atoms with Crippen molar-refractivity contribution in [3.63, 3.8) is 0 Å². The minimum Gasteiger partial charge on any atom is -0.397 e. The summed E-state index contributed by atoms with van der Waals surface area (Å²) in [6.45, 7) is 4.43. The van der Waals surface area contributed by atoms with Crippen LogP contribution in [0, 0.1) is 0 Å². The average molecular weight is 243 g/mol. The molecule has 2 aromatic rings. The van der Waals surface area contributed by atoms with Gasteiger partial charge in [-0.3, -0.25) is 4.98 Å². The first kappa shape index (κ1) is 12.7. The second-order valence-corrected chi connectivity index (χ2v) is 4.64. The molecule has 1 heterocycles. The van der Waals surface area contributed by atoms with Crippen LogP contribution >= 0.6 is 0 Å². The highest BCUT2D eigenvalue weighted by Crippen LogP contribution is 2.26. The molecule has 3 nitrogen and oxygen atoms in total. The number of pyridine rings is 1. The highest BCUT2D eigenvalue weighted by atomic mass is 14.9. The Morgan fingerprint density at radius 3 is 2.83 bits per heavy atom. The Hall–Kier alpha value is -1.77. The first-order chi connectivity index (χ1) is 8.76. The number of nitrogen functional groups attached to an aromatic ring is 1. The molecule has 1 unspecified atom stereocenters. The van der Waals surface area contributed by atoms with Crippen molar-refractivity contribution < 1.29 is 0 Å². The van der Waals surface area contributed by atoms with Crippen molar-refractivity contribution in [2.75, 3.05) is 11.1 Å². The van der Waals surface area contributed by atoms with E-state index in [0.29, 0.717) is 6.04 Å². The Morgan fingerprint density at radius 2 is 2.11 bits per heavy atom. The molecule has 0 fully saturated rings. The molecular weight excluding hydrogens is 222 g/mol. The maximum atomic E-state index is 5.96. The van der Waals surface area contributed by atoms with Crippen LogP contribution in [-0.2, 0) is 0 Å². The van der Waals surface area contributed by atoms with Crippen LogP contribution in [0.15, 0.2) is 30.5 Å². The smallest absolute Gasteiger partial charge is 0.0951 e. The number of fused-ring (bicyclic) bond motifs is 1. The maximum Gasteiger partial charge on any atom is 0.0951 e. The van der Waals surface area contributed by atoms with Crippen LogP contribution in [0.1, 0.15) is 33.1 Å². The molecule has 96 valence electrons. The highest BCUT2D eigenvalue weighted by molar-refractivity contribution is 5.97. The third kappa shape index (κ3) is 2.55. The quantitative estimate of drug-likeness (QED) is 0.785. The summed E-state index contributed by atoms with van der Waals surface area (Å²) in [6, 6.07) is 8.48. The lowest BCUT2D eigenvalue weighted by Gasteiger charge is -2.19. The number of nitrogens with two attached hydrogens (primary N) is 1. The van der Waals surface area contributed by atoms with Gasteiger partial charge in [0.15, 0.2) is 0 Å². The molecule has 0 radical (unpaired) electrons. The van der Waals surface area contributed by atoms with E-state index in [9.17, 15) is 0 Å². The monoisotopic (exact) mass is 243 g/mol. The van der Waals surface area contributed by atoms with Crippen LogP contribution < -0.4 is 11.1 Å². The van der Waals surface area contributed by atoms with Crippen LogP contribution in [0.25, 0.3) is 10.9 Å². The zero-order chi connectivity index (χ0) is 13.0. The van der Waals surface area contributed by atoms with Crippen LogP contribution in [0.5, 0.6) is 0 Å². The van der Waals surface area contributed by atoms with Crippen molar-refractivity contribution in [3.05, 3.63) is 30.5 Å². The molecule has 0 aliphatic heterocycles. The molecule has 3 heteroatoms. The van der Waals surface area contributed by atoms with E-state index in [2.05, 4.69) is 30.2 Å². The minimum absolute atomic E-state index is 0.516. The van der Waals surface area contributed by atoms with E-state index in [1.54, 1.807) is 0 Å². The number of hydrogen-bond acceptors (Lipinski definition) is 3. The predicted molar refractivity (Wildman–Crippen MR) is 78.8 cm³/mol. The second-order valence-electron chi connectivity index (χ2n) is 4.64. The SMILES string of the molecule is CCCC(CC)Nc1ccnc2c(N)cccc12. The van der Waals surface area contributed by atoms with Crippen molar-refractivity contribution in [2.45, 2.75) is 39.2 Å². The molecule has 0 bridgehead atoms. The van der Waals surface area contributed by atoms with E-state index < -0.39 is 0 Å². The van der Waals surface area contributed by atoms with E-state index in [1.807, 2.05) is 24.4 Å². The van der Waals surface area contributed by atoms with Gasteiger partial charge in [-0.25, -0.2) is 0 Å². The number of nitrogens with zero attached hydrogens (tertiary/aromatic N) is 1. The lowest BCUT2D eigenvalue weighted by atomic mass is 10.1. The third-order valence-corrected chi connectivity index (χ3v) is 3.29. The lowest BCUT2D eigenvalue weighted by molar-refractivity contribution is 0.623.